The summed E-state index contributed by atoms with van der Waals surface area (Å²) in [5.41, 5.74) is -0.733. The fraction of sp³-hybridized carbons (Fsp3) is 0.143. The molecule has 1 aromatic carbocycles. The van der Waals surface area contributed by atoms with E-state index in [9.17, 15) is 9.59 Å². The van der Waals surface area contributed by atoms with Gasteiger partial charge in [-0.1, -0.05) is 12.0 Å². The second kappa shape index (κ2) is 5.27. The molecule has 5 nitrogen and oxygen atoms in total. The SMILES string of the molecule is C#CCn1ccn(-c2cccc(OC)c2)c(=O)c1=O. The molecule has 5 heteroatoms. The van der Waals surface area contributed by atoms with Gasteiger partial charge in [0.2, 0.25) is 0 Å². The van der Waals surface area contributed by atoms with Gasteiger partial charge in [0.1, 0.15) is 5.75 Å². The number of ether oxygens (including phenoxy) is 1. The Labute approximate surface area is 109 Å². The van der Waals surface area contributed by atoms with Crippen LogP contribution in [0.3, 0.4) is 0 Å². The molecule has 0 aliphatic carbocycles. The Morgan fingerprint density at radius 2 is 2.05 bits per heavy atom. The molecule has 19 heavy (non-hydrogen) atoms. The Kier molecular flexibility index (Phi) is 3.53. The van der Waals surface area contributed by atoms with Gasteiger partial charge in [0.05, 0.1) is 19.3 Å². The first-order valence-corrected chi connectivity index (χ1v) is 5.57. The smallest absolute Gasteiger partial charge is 0.321 e. The maximum Gasteiger partial charge on any atom is 0.321 e. The lowest BCUT2D eigenvalue weighted by atomic mass is 10.3. The van der Waals surface area contributed by atoms with E-state index in [1.54, 1.807) is 24.3 Å². The summed E-state index contributed by atoms with van der Waals surface area (Å²) in [4.78, 5) is 23.8. The molecule has 0 bridgehead atoms. The first-order chi connectivity index (χ1) is 9.17. The molecule has 0 fully saturated rings. The third kappa shape index (κ3) is 2.43. The van der Waals surface area contributed by atoms with E-state index in [1.165, 1.54) is 28.6 Å². The van der Waals surface area contributed by atoms with Gasteiger partial charge in [0.15, 0.2) is 0 Å². The molecule has 0 saturated carbocycles. The van der Waals surface area contributed by atoms with Crippen molar-refractivity contribution in [2.45, 2.75) is 6.54 Å². The van der Waals surface area contributed by atoms with Gasteiger partial charge in [-0.05, 0) is 12.1 Å². The van der Waals surface area contributed by atoms with E-state index < -0.39 is 11.1 Å². The lowest BCUT2D eigenvalue weighted by Gasteiger charge is -2.08. The van der Waals surface area contributed by atoms with Gasteiger partial charge in [-0.25, -0.2) is 0 Å². The summed E-state index contributed by atoms with van der Waals surface area (Å²) in [6.45, 7) is 0.0764. The Morgan fingerprint density at radius 1 is 1.26 bits per heavy atom. The molecule has 0 aliphatic heterocycles. The van der Waals surface area contributed by atoms with E-state index in [2.05, 4.69) is 5.92 Å². The van der Waals surface area contributed by atoms with E-state index in [0.29, 0.717) is 11.4 Å². The van der Waals surface area contributed by atoms with Gasteiger partial charge in [0, 0.05) is 18.5 Å². The molecule has 0 spiro atoms. The van der Waals surface area contributed by atoms with Crippen molar-refractivity contribution in [2.24, 2.45) is 0 Å². The first kappa shape index (κ1) is 12.7. The van der Waals surface area contributed by atoms with Gasteiger partial charge in [-0.2, -0.15) is 0 Å². The van der Waals surface area contributed by atoms with E-state index in [-0.39, 0.29) is 6.54 Å². The summed E-state index contributed by atoms with van der Waals surface area (Å²) in [5, 5.41) is 0. The third-order valence-corrected chi connectivity index (χ3v) is 2.65. The van der Waals surface area contributed by atoms with E-state index in [0.717, 1.165) is 0 Å². The molecule has 96 valence electrons. The largest absolute Gasteiger partial charge is 0.497 e. The van der Waals surface area contributed by atoms with Crippen molar-refractivity contribution in [2.75, 3.05) is 7.11 Å². The van der Waals surface area contributed by atoms with Crippen LogP contribution in [0, 0.1) is 12.3 Å². The highest BCUT2D eigenvalue weighted by Gasteiger charge is 2.06. The summed E-state index contributed by atoms with van der Waals surface area (Å²) in [7, 11) is 1.53. The minimum atomic E-state index is -0.650. The van der Waals surface area contributed by atoms with Crippen molar-refractivity contribution in [1.82, 2.24) is 9.13 Å². The number of terminal acetylenes is 1. The highest BCUT2D eigenvalue weighted by Crippen LogP contribution is 2.14. The molecule has 0 unspecified atom stereocenters. The summed E-state index contributed by atoms with van der Waals surface area (Å²) >= 11 is 0. The summed E-state index contributed by atoms with van der Waals surface area (Å²) < 4.78 is 7.54. The van der Waals surface area contributed by atoms with Gasteiger partial charge in [-0.15, -0.1) is 6.42 Å². The van der Waals surface area contributed by atoms with E-state index in [4.69, 9.17) is 11.2 Å². The molecule has 1 heterocycles. The first-order valence-electron chi connectivity index (χ1n) is 5.57. The van der Waals surface area contributed by atoms with Crippen molar-refractivity contribution >= 4 is 0 Å². The van der Waals surface area contributed by atoms with Crippen LogP contribution in [-0.2, 0) is 6.54 Å². The number of hydrogen-bond donors (Lipinski definition) is 0. The monoisotopic (exact) mass is 256 g/mol. The van der Waals surface area contributed by atoms with Crippen LogP contribution in [0.25, 0.3) is 5.69 Å². The highest BCUT2D eigenvalue weighted by molar-refractivity contribution is 5.39. The number of benzene rings is 1. The molecule has 1 aromatic heterocycles. The van der Waals surface area contributed by atoms with Crippen LogP contribution in [0.4, 0.5) is 0 Å². The van der Waals surface area contributed by atoms with Crippen LogP contribution in [0.15, 0.2) is 46.2 Å². The molecule has 0 aliphatic rings. The number of nitrogens with zero attached hydrogens (tertiary/aromatic N) is 2. The fourth-order valence-corrected chi connectivity index (χ4v) is 1.69. The normalized spacial score (nSPS) is 9.89. The van der Waals surface area contributed by atoms with Crippen LogP contribution in [-0.4, -0.2) is 16.2 Å². The Hall–Kier alpha value is -2.74. The average molecular weight is 256 g/mol. The van der Waals surface area contributed by atoms with Crippen LogP contribution in [0.2, 0.25) is 0 Å². The molecule has 0 amide bonds. The van der Waals surface area contributed by atoms with Gasteiger partial charge >= 0.3 is 11.1 Å². The summed E-state index contributed by atoms with van der Waals surface area (Å²) in [6.07, 6.45) is 8.13. The zero-order valence-electron chi connectivity index (χ0n) is 10.4. The van der Waals surface area contributed by atoms with Crippen molar-refractivity contribution < 1.29 is 4.74 Å². The zero-order chi connectivity index (χ0) is 13.8. The lowest BCUT2D eigenvalue weighted by Crippen LogP contribution is -2.39. The molecular formula is C14H12N2O3. The van der Waals surface area contributed by atoms with E-state index >= 15 is 0 Å². The number of hydrogen-bond acceptors (Lipinski definition) is 3. The predicted molar refractivity (Wildman–Crippen MR) is 71.7 cm³/mol. The lowest BCUT2D eigenvalue weighted by molar-refractivity contribution is 0.414. The Bertz CT molecular complexity index is 750. The van der Waals surface area contributed by atoms with Crippen molar-refractivity contribution in [3.8, 4) is 23.8 Å². The van der Waals surface area contributed by atoms with Crippen molar-refractivity contribution in [3.05, 3.63) is 57.4 Å². The molecular weight excluding hydrogens is 244 g/mol. The average Bonchev–Trinajstić information content (AvgIpc) is 2.44. The topological polar surface area (TPSA) is 53.2 Å². The highest BCUT2D eigenvalue weighted by atomic mass is 16.5. The van der Waals surface area contributed by atoms with Crippen LogP contribution >= 0.6 is 0 Å². The number of aromatic nitrogens is 2. The van der Waals surface area contributed by atoms with Gasteiger partial charge in [-0.3, -0.25) is 18.7 Å². The predicted octanol–water partition coefficient (Wildman–Crippen LogP) is 0.641. The van der Waals surface area contributed by atoms with E-state index in [1.807, 2.05) is 0 Å². The summed E-state index contributed by atoms with van der Waals surface area (Å²) in [5.74, 6) is 2.93. The Balaban J connectivity index is 2.58. The number of methoxy groups -OCH3 is 1. The quantitative estimate of drug-likeness (QED) is 0.598. The minimum Gasteiger partial charge on any atom is -0.497 e. The maximum atomic E-state index is 12.0. The maximum absolute atomic E-state index is 12.0. The van der Waals surface area contributed by atoms with Crippen LogP contribution in [0.1, 0.15) is 0 Å². The molecule has 0 radical (unpaired) electrons. The number of rotatable bonds is 3. The van der Waals surface area contributed by atoms with Gasteiger partial charge in [0.25, 0.3) is 0 Å². The minimum absolute atomic E-state index is 0.0764. The molecule has 0 saturated heterocycles. The van der Waals surface area contributed by atoms with Crippen molar-refractivity contribution in [3.63, 3.8) is 0 Å². The standard InChI is InChI=1S/C14H12N2O3/c1-3-7-15-8-9-16(14(18)13(15)17)11-5-4-6-12(10-11)19-2/h1,4-6,8-10H,7H2,2H3. The fourth-order valence-electron chi connectivity index (χ4n) is 1.69. The summed E-state index contributed by atoms with van der Waals surface area (Å²) in [6, 6.07) is 6.89. The third-order valence-electron chi connectivity index (χ3n) is 2.65. The van der Waals surface area contributed by atoms with Crippen LogP contribution in [0.5, 0.6) is 5.75 Å². The second-order valence-electron chi connectivity index (χ2n) is 3.81. The van der Waals surface area contributed by atoms with Gasteiger partial charge < -0.3 is 4.74 Å². The second-order valence-corrected chi connectivity index (χ2v) is 3.81. The zero-order valence-corrected chi connectivity index (χ0v) is 10.4. The molecule has 0 atom stereocenters. The Morgan fingerprint density at radius 3 is 2.74 bits per heavy atom. The van der Waals surface area contributed by atoms with Crippen molar-refractivity contribution in [1.29, 1.82) is 0 Å². The molecule has 2 rings (SSSR count). The van der Waals surface area contributed by atoms with Crippen LogP contribution < -0.4 is 15.9 Å². The molecule has 2 aromatic rings. The molecule has 0 N–H and O–H groups in total.